The normalized spacial score (nSPS) is 16.3. The average Bonchev–Trinajstić information content (AvgIpc) is 2.98. The van der Waals surface area contributed by atoms with E-state index < -0.39 is 0 Å². The zero-order valence-corrected chi connectivity index (χ0v) is 17.6. The maximum atomic E-state index is 13.1. The number of hydrogen-bond acceptors (Lipinski definition) is 1. The van der Waals surface area contributed by atoms with Crippen molar-refractivity contribution in [2.75, 3.05) is 19.6 Å². The third-order valence-electron chi connectivity index (χ3n) is 6.26. The Labute approximate surface area is 183 Å². The van der Waals surface area contributed by atoms with Crippen molar-refractivity contribution in [3.05, 3.63) is 118 Å². The van der Waals surface area contributed by atoms with E-state index in [2.05, 4.69) is 77.7 Å². The van der Waals surface area contributed by atoms with Crippen LogP contribution >= 0.6 is 0 Å². The number of fused-ring (bicyclic) bond motifs is 2. The number of benzene rings is 3. The minimum atomic E-state index is -0.189. The molecule has 0 unspecified atom stereocenters. The van der Waals surface area contributed by atoms with Crippen LogP contribution in [0.3, 0.4) is 0 Å². The Morgan fingerprint density at radius 1 is 0.742 bits per heavy atom. The fourth-order valence-electron chi connectivity index (χ4n) is 4.61. The second-order valence-corrected chi connectivity index (χ2v) is 8.24. The number of piperidine rings is 1. The molecule has 0 atom stereocenters. The van der Waals surface area contributed by atoms with Crippen LogP contribution in [0.15, 0.2) is 84.4 Å². The molecule has 1 fully saturated rings. The summed E-state index contributed by atoms with van der Waals surface area (Å²) in [6.45, 7) is 3.05. The van der Waals surface area contributed by atoms with Crippen molar-refractivity contribution in [2.24, 2.45) is 0 Å². The van der Waals surface area contributed by atoms with Gasteiger partial charge in [0.05, 0.1) is 0 Å². The molecule has 154 valence electrons. The van der Waals surface area contributed by atoms with Gasteiger partial charge in [0.1, 0.15) is 5.82 Å². The van der Waals surface area contributed by atoms with Crippen LogP contribution in [0.1, 0.15) is 40.7 Å². The summed E-state index contributed by atoms with van der Waals surface area (Å²) in [5, 5.41) is 0. The van der Waals surface area contributed by atoms with Crippen molar-refractivity contribution in [1.29, 1.82) is 0 Å². The molecule has 2 heteroatoms. The Hall–Kier alpha value is -3.23. The molecule has 0 bridgehead atoms. The Kier molecular flexibility index (Phi) is 5.64. The van der Waals surface area contributed by atoms with Crippen LogP contribution in [0, 0.1) is 5.82 Å². The van der Waals surface area contributed by atoms with E-state index in [9.17, 15) is 4.39 Å². The highest BCUT2D eigenvalue weighted by Crippen LogP contribution is 2.38. The molecule has 1 aliphatic heterocycles. The predicted octanol–water partition coefficient (Wildman–Crippen LogP) is 6.92. The van der Waals surface area contributed by atoms with E-state index in [1.54, 1.807) is 5.57 Å². The summed E-state index contributed by atoms with van der Waals surface area (Å²) in [4.78, 5) is 2.50. The molecule has 1 saturated heterocycles. The topological polar surface area (TPSA) is 3.24 Å². The lowest BCUT2D eigenvalue weighted by Crippen LogP contribution is -2.31. The van der Waals surface area contributed by atoms with Gasteiger partial charge in [0.2, 0.25) is 0 Å². The van der Waals surface area contributed by atoms with Crippen LogP contribution < -0.4 is 0 Å². The molecule has 0 radical (unpaired) electrons. The predicted molar refractivity (Wildman–Crippen MR) is 129 cm³/mol. The third-order valence-corrected chi connectivity index (χ3v) is 6.26. The van der Waals surface area contributed by atoms with E-state index in [1.807, 2.05) is 12.1 Å². The molecule has 3 aromatic carbocycles. The van der Waals surface area contributed by atoms with Crippen molar-refractivity contribution < 1.29 is 4.39 Å². The molecule has 1 heterocycles. The summed E-state index contributed by atoms with van der Waals surface area (Å²) in [7, 11) is 0. The molecule has 1 aliphatic carbocycles. The number of nitrogens with zero attached hydrogens (tertiary/aromatic N) is 1. The number of halogens is 1. The number of hydrogen-bond donors (Lipinski definition) is 0. The first-order valence-corrected chi connectivity index (χ1v) is 11.0. The molecule has 0 N–H and O–H groups in total. The van der Waals surface area contributed by atoms with Crippen LogP contribution in [0.2, 0.25) is 0 Å². The van der Waals surface area contributed by atoms with Crippen LogP contribution in [-0.4, -0.2) is 24.5 Å². The summed E-state index contributed by atoms with van der Waals surface area (Å²) in [6.07, 6.45) is 10.9. The molecule has 0 aromatic heterocycles. The molecule has 3 aromatic rings. The highest BCUT2D eigenvalue weighted by Gasteiger charge is 2.21. The van der Waals surface area contributed by atoms with Gasteiger partial charge in [0, 0.05) is 19.6 Å². The van der Waals surface area contributed by atoms with E-state index in [4.69, 9.17) is 0 Å². The standard InChI is InChI=1S/C29H26FN/c30-26-15-11-22(12-16-26)6-5-19-31-20-17-25(18-21-31)29-27-9-3-1-7-23(27)13-14-24-8-2-4-10-28(24)29/h1-16H,17-21H2/b6-5+. The molecular formula is C29H26FN. The lowest BCUT2D eigenvalue weighted by Gasteiger charge is -2.29. The quantitative estimate of drug-likeness (QED) is 0.356. The molecule has 2 aliphatic rings. The Morgan fingerprint density at radius 3 is 1.94 bits per heavy atom. The van der Waals surface area contributed by atoms with Gasteiger partial charge in [-0.2, -0.15) is 0 Å². The summed E-state index contributed by atoms with van der Waals surface area (Å²) in [5.41, 5.74) is 9.32. The highest BCUT2D eigenvalue weighted by molar-refractivity contribution is 5.94. The smallest absolute Gasteiger partial charge is 0.123 e. The lowest BCUT2D eigenvalue weighted by atomic mass is 9.86. The van der Waals surface area contributed by atoms with Gasteiger partial charge < -0.3 is 0 Å². The van der Waals surface area contributed by atoms with Crippen molar-refractivity contribution >= 4 is 23.8 Å². The van der Waals surface area contributed by atoms with Gasteiger partial charge in [-0.15, -0.1) is 0 Å². The van der Waals surface area contributed by atoms with Gasteiger partial charge in [-0.1, -0.05) is 90.5 Å². The van der Waals surface area contributed by atoms with Crippen molar-refractivity contribution in [3.63, 3.8) is 0 Å². The molecule has 31 heavy (non-hydrogen) atoms. The Balaban J connectivity index is 1.36. The zero-order valence-electron chi connectivity index (χ0n) is 17.6. The van der Waals surface area contributed by atoms with Crippen LogP contribution in [0.5, 0.6) is 0 Å². The van der Waals surface area contributed by atoms with Gasteiger partial charge >= 0.3 is 0 Å². The first-order chi connectivity index (χ1) is 15.3. The van der Waals surface area contributed by atoms with Gasteiger partial charge in [-0.25, -0.2) is 4.39 Å². The average molecular weight is 408 g/mol. The first-order valence-electron chi connectivity index (χ1n) is 11.0. The second-order valence-electron chi connectivity index (χ2n) is 8.24. The van der Waals surface area contributed by atoms with E-state index >= 15 is 0 Å². The van der Waals surface area contributed by atoms with E-state index in [0.29, 0.717) is 0 Å². The second kappa shape index (κ2) is 8.87. The van der Waals surface area contributed by atoms with E-state index in [1.165, 1.54) is 40.0 Å². The van der Waals surface area contributed by atoms with Crippen LogP contribution in [0.4, 0.5) is 4.39 Å². The molecule has 0 saturated carbocycles. The van der Waals surface area contributed by atoms with Gasteiger partial charge in [0.25, 0.3) is 0 Å². The van der Waals surface area contributed by atoms with Gasteiger partial charge in [0.15, 0.2) is 0 Å². The fourth-order valence-corrected chi connectivity index (χ4v) is 4.61. The Morgan fingerprint density at radius 2 is 1.32 bits per heavy atom. The van der Waals surface area contributed by atoms with Crippen LogP contribution in [-0.2, 0) is 0 Å². The van der Waals surface area contributed by atoms with Crippen molar-refractivity contribution in [3.8, 4) is 0 Å². The fraction of sp³-hybridized carbons (Fsp3) is 0.172. The monoisotopic (exact) mass is 407 g/mol. The minimum absolute atomic E-state index is 0.189. The Bertz CT molecular complexity index is 1110. The zero-order chi connectivity index (χ0) is 21.0. The summed E-state index contributed by atoms with van der Waals surface area (Å²) >= 11 is 0. The molecule has 5 rings (SSSR count). The largest absolute Gasteiger partial charge is 0.299 e. The third kappa shape index (κ3) is 4.30. The molecule has 0 amide bonds. The van der Waals surface area contributed by atoms with Crippen LogP contribution in [0.25, 0.3) is 23.8 Å². The maximum Gasteiger partial charge on any atom is 0.123 e. The minimum Gasteiger partial charge on any atom is -0.299 e. The van der Waals surface area contributed by atoms with Gasteiger partial charge in [-0.05, 0) is 58.4 Å². The maximum absolute atomic E-state index is 13.1. The highest BCUT2D eigenvalue weighted by atomic mass is 19.1. The number of rotatable bonds is 3. The van der Waals surface area contributed by atoms with E-state index in [-0.39, 0.29) is 5.82 Å². The summed E-state index contributed by atoms with van der Waals surface area (Å²) in [6, 6.07) is 24.2. The van der Waals surface area contributed by atoms with Crippen molar-refractivity contribution in [2.45, 2.75) is 12.8 Å². The summed E-state index contributed by atoms with van der Waals surface area (Å²) in [5.74, 6) is -0.189. The van der Waals surface area contributed by atoms with E-state index in [0.717, 1.165) is 38.0 Å². The van der Waals surface area contributed by atoms with Gasteiger partial charge in [-0.3, -0.25) is 4.90 Å². The van der Waals surface area contributed by atoms with Crippen molar-refractivity contribution in [1.82, 2.24) is 4.90 Å². The first kappa shape index (κ1) is 19.7. The molecule has 1 nitrogen and oxygen atoms in total. The molecular weight excluding hydrogens is 381 g/mol. The number of likely N-dealkylation sites (tertiary alicyclic amines) is 1. The summed E-state index contributed by atoms with van der Waals surface area (Å²) < 4.78 is 13.1. The lowest BCUT2D eigenvalue weighted by molar-refractivity contribution is 0.284. The molecule has 0 spiro atoms. The SMILES string of the molecule is Fc1ccc(/C=C/CN2CCC(=C3c4ccccc4C=Cc4ccccc43)CC2)cc1.